The van der Waals surface area contributed by atoms with Gasteiger partial charge in [0.1, 0.15) is 0 Å². The minimum atomic E-state index is -0.139. The Bertz CT molecular complexity index is 1090. The fourth-order valence-electron chi connectivity index (χ4n) is 3.19. The van der Waals surface area contributed by atoms with Gasteiger partial charge in [-0.25, -0.2) is 9.67 Å². The summed E-state index contributed by atoms with van der Waals surface area (Å²) in [6.45, 7) is 4.69. The van der Waals surface area contributed by atoms with Crippen LogP contribution < -0.4 is 5.32 Å². The highest BCUT2D eigenvalue weighted by molar-refractivity contribution is 6.04. The van der Waals surface area contributed by atoms with Crippen LogP contribution in [0.2, 0.25) is 0 Å². The van der Waals surface area contributed by atoms with E-state index in [2.05, 4.69) is 15.4 Å². The predicted molar refractivity (Wildman–Crippen MR) is 109 cm³/mol. The Balaban J connectivity index is 1.47. The van der Waals surface area contributed by atoms with Crippen LogP contribution in [0.1, 0.15) is 27.3 Å². The molecule has 0 aliphatic heterocycles. The third-order valence-electron chi connectivity index (χ3n) is 4.49. The molecular formula is C22H21N5O. The maximum atomic E-state index is 12.6. The standard InChI is InChI=1S/C22H21N5O/c1-16-12-17(2)27(25-16)21-8-6-19(7-9-21)22(28)24-20-5-3-4-18(13-20)14-26-11-10-23-15-26/h3-13,15H,14H2,1-2H3,(H,24,28). The van der Waals surface area contributed by atoms with E-state index in [9.17, 15) is 4.79 Å². The second-order valence-electron chi connectivity index (χ2n) is 6.78. The first-order valence-electron chi connectivity index (χ1n) is 9.08. The summed E-state index contributed by atoms with van der Waals surface area (Å²) in [5.74, 6) is -0.139. The molecule has 1 N–H and O–H groups in total. The monoisotopic (exact) mass is 371 g/mol. The first-order valence-corrected chi connectivity index (χ1v) is 9.08. The van der Waals surface area contributed by atoms with Crippen molar-refractivity contribution in [2.75, 3.05) is 5.32 Å². The summed E-state index contributed by atoms with van der Waals surface area (Å²) in [5, 5.41) is 7.44. The molecule has 2 aromatic heterocycles. The third kappa shape index (κ3) is 3.86. The lowest BCUT2D eigenvalue weighted by Crippen LogP contribution is -2.12. The van der Waals surface area contributed by atoms with Gasteiger partial charge in [0.05, 0.1) is 17.7 Å². The van der Waals surface area contributed by atoms with Crippen LogP contribution in [0.4, 0.5) is 5.69 Å². The van der Waals surface area contributed by atoms with Crippen molar-refractivity contribution < 1.29 is 4.79 Å². The zero-order valence-electron chi connectivity index (χ0n) is 15.8. The molecule has 6 nitrogen and oxygen atoms in total. The van der Waals surface area contributed by atoms with Crippen molar-refractivity contribution in [1.82, 2.24) is 19.3 Å². The van der Waals surface area contributed by atoms with Crippen LogP contribution in [0.25, 0.3) is 5.69 Å². The molecule has 0 saturated heterocycles. The SMILES string of the molecule is Cc1cc(C)n(-c2ccc(C(=O)Nc3cccc(Cn4ccnc4)c3)cc2)n1. The number of carbonyl (C=O) groups is 1. The van der Waals surface area contributed by atoms with E-state index >= 15 is 0 Å². The number of imidazole rings is 1. The first-order chi connectivity index (χ1) is 13.6. The number of rotatable bonds is 5. The molecule has 2 aromatic carbocycles. The van der Waals surface area contributed by atoms with Crippen molar-refractivity contribution in [3.05, 3.63) is 95.8 Å². The molecule has 2 heterocycles. The molecule has 1 amide bonds. The lowest BCUT2D eigenvalue weighted by Gasteiger charge is -2.09. The van der Waals surface area contributed by atoms with Gasteiger partial charge in [-0.3, -0.25) is 4.79 Å². The van der Waals surface area contributed by atoms with Gasteiger partial charge in [-0.05, 0) is 61.9 Å². The molecular weight excluding hydrogens is 350 g/mol. The number of anilines is 1. The summed E-state index contributed by atoms with van der Waals surface area (Å²) in [6, 6.07) is 17.3. The number of hydrogen-bond donors (Lipinski definition) is 1. The van der Waals surface area contributed by atoms with E-state index in [1.807, 2.05) is 83.9 Å². The smallest absolute Gasteiger partial charge is 0.255 e. The number of nitrogens with zero attached hydrogens (tertiary/aromatic N) is 4. The fraction of sp³-hybridized carbons (Fsp3) is 0.136. The average Bonchev–Trinajstić information content (AvgIpc) is 3.31. The van der Waals surface area contributed by atoms with Gasteiger partial charge in [0.2, 0.25) is 0 Å². The number of amides is 1. The molecule has 0 unspecified atom stereocenters. The van der Waals surface area contributed by atoms with Gasteiger partial charge in [-0.2, -0.15) is 5.10 Å². The second kappa shape index (κ2) is 7.52. The zero-order valence-corrected chi connectivity index (χ0v) is 15.8. The molecule has 0 saturated carbocycles. The van der Waals surface area contributed by atoms with E-state index < -0.39 is 0 Å². The molecule has 0 aliphatic rings. The molecule has 6 heteroatoms. The summed E-state index contributed by atoms with van der Waals surface area (Å²) in [4.78, 5) is 16.7. The average molecular weight is 371 g/mol. The summed E-state index contributed by atoms with van der Waals surface area (Å²) in [5.41, 5.74) is 5.43. The number of hydrogen-bond acceptors (Lipinski definition) is 3. The maximum absolute atomic E-state index is 12.6. The number of nitrogens with one attached hydrogen (secondary N) is 1. The Kier molecular flexibility index (Phi) is 4.76. The number of benzene rings is 2. The van der Waals surface area contributed by atoms with Gasteiger partial charge < -0.3 is 9.88 Å². The van der Waals surface area contributed by atoms with Crippen molar-refractivity contribution in [3.8, 4) is 5.69 Å². The summed E-state index contributed by atoms with van der Waals surface area (Å²) in [6.07, 6.45) is 5.44. The minimum Gasteiger partial charge on any atom is -0.333 e. The third-order valence-corrected chi connectivity index (χ3v) is 4.49. The van der Waals surface area contributed by atoms with E-state index in [0.29, 0.717) is 12.1 Å². The second-order valence-corrected chi connectivity index (χ2v) is 6.78. The Morgan fingerprint density at radius 1 is 1.07 bits per heavy atom. The van der Waals surface area contributed by atoms with Crippen molar-refractivity contribution in [2.45, 2.75) is 20.4 Å². The van der Waals surface area contributed by atoms with Crippen LogP contribution in [-0.2, 0) is 6.54 Å². The van der Waals surface area contributed by atoms with Gasteiger partial charge in [-0.15, -0.1) is 0 Å². The highest BCUT2D eigenvalue weighted by Gasteiger charge is 2.09. The highest BCUT2D eigenvalue weighted by Crippen LogP contribution is 2.16. The van der Waals surface area contributed by atoms with Crippen LogP contribution >= 0.6 is 0 Å². The van der Waals surface area contributed by atoms with Gasteiger partial charge in [0.15, 0.2) is 0 Å². The van der Waals surface area contributed by atoms with Gasteiger partial charge in [0, 0.05) is 35.9 Å². The Morgan fingerprint density at radius 2 is 1.89 bits per heavy atom. The van der Waals surface area contributed by atoms with E-state index in [-0.39, 0.29) is 5.91 Å². The minimum absolute atomic E-state index is 0.139. The fourth-order valence-corrected chi connectivity index (χ4v) is 3.19. The lowest BCUT2D eigenvalue weighted by atomic mass is 10.1. The zero-order chi connectivity index (χ0) is 19.5. The number of carbonyl (C=O) groups excluding carboxylic acids is 1. The normalized spacial score (nSPS) is 10.8. The van der Waals surface area contributed by atoms with Gasteiger partial charge in [-0.1, -0.05) is 12.1 Å². The van der Waals surface area contributed by atoms with Crippen molar-refractivity contribution in [1.29, 1.82) is 0 Å². The topological polar surface area (TPSA) is 64.7 Å². The quantitative estimate of drug-likeness (QED) is 0.577. The Hall–Kier alpha value is -3.67. The van der Waals surface area contributed by atoms with Crippen LogP contribution in [0, 0.1) is 13.8 Å². The molecule has 0 bridgehead atoms. The molecule has 0 aliphatic carbocycles. The summed E-state index contributed by atoms with van der Waals surface area (Å²) >= 11 is 0. The van der Waals surface area contributed by atoms with Crippen LogP contribution in [-0.4, -0.2) is 25.2 Å². The van der Waals surface area contributed by atoms with Crippen molar-refractivity contribution >= 4 is 11.6 Å². The molecule has 0 fully saturated rings. The van der Waals surface area contributed by atoms with E-state index in [1.165, 1.54) is 0 Å². The lowest BCUT2D eigenvalue weighted by molar-refractivity contribution is 0.102. The van der Waals surface area contributed by atoms with Crippen molar-refractivity contribution in [3.63, 3.8) is 0 Å². The van der Waals surface area contributed by atoms with E-state index in [1.54, 1.807) is 12.5 Å². The molecule has 0 radical (unpaired) electrons. The van der Waals surface area contributed by atoms with Gasteiger partial charge >= 0.3 is 0 Å². The van der Waals surface area contributed by atoms with Gasteiger partial charge in [0.25, 0.3) is 5.91 Å². The number of aromatic nitrogens is 4. The van der Waals surface area contributed by atoms with E-state index in [4.69, 9.17) is 0 Å². The van der Waals surface area contributed by atoms with Crippen LogP contribution in [0.15, 0.2) is 73.3 Å². The largest absolute Gasteiger partial charge is 0.333 e. The Labute approximate surface area is 163 Å². The molecule has 28 heavy (non-hydrogen) atoms. The first kappa shape index (κ1) is 17.7. The predicted octanol–water partition coefficient (Wildman–Crippen LogP) is 3.99. The highest BCUT2D eigenvalue weighted by atomic mass is 16.1. The van der Waals surface area contributed by atoms with Crippen LogP contribution in [0.3, 0.4) is 0 Å². The Morgan fingerprint density at radius 3 is 2.57 bits per heavy atom. The summed E-state index contributed by atoms with van der Waals surface area (Å²) < 4.78 is 3.86. The maximum Gasteiger partial charge on any atom is 0.255 e. The molecule has 0 spiro atoms. The molecule has 0 atom stereocenters. The van der Waals surface area contributed by atoms with Crippen LogP contribution in [0.5, 0.6) is 0 Å². The molecule has 4 rings (SSSR count). The van der Waals surface area contributed by atoms with Crippen molar-refractivity contribution in [2.24, 2.45) is 0 Å². The number of aryl methyl sites for hydroxylation is 2. The molecule has 4 aromatic rings. The summed E-state index contributed by atoms with van der Waals surface area (Å²) in [7, 11) is 0. The molecule has 140 valence electrons. The van der Waals surface area contributed by atoms with E-state index in [0.717, 1.165) is 28.3 Å².